The van der Waals surface area contributed by atoms with E-state index in [1.165, 1.54) is 0 Å². The second-order valence-electron chi connectivity index (χ2n) is 3.51. The van der Waals surface area contributed by atoms with Gasteiger partial charge in [0.15, 0.2) is 0 Å². The van der Waals surface area contributed by atoms with Crippen LogP contribution in [0.4, 0.5) is 11.4 Å². The first-order chi connectivity index (χ1) is 8.18. The average Bonchev–Trinajstić information content (AvgIpc) is 2.34. The molecule has 0 atom stereocenters. The van der Waals surface area contributed by atoms with Gasteiger partial charge in [-0.3, -0.25) is 0 Å². The van der Waals surface area contributed by atoms with E-state index >= 15 is 0 Å². The molecule has 17 heavy (non-hydrogen) atoms. The Balaban J connectivity index is 2.24. The monoisotopic (exact) mass is 228 g/mol. The van der Waals surface area contributed by atoms with E-state index < -0.39 is 5.97 Å². The van der Waals surface area contributed by atoms with Crippen LogP contribution < -0.4 is 16.2 Å². The lowest BCUT2D eigenvalue weighted by Gasteiger charge is -2.07. The molecule has 0 unspecified atom stereocenters. The van der Waals surface area contributed by atoms with Gasteiger partial charge in [0.05, 0.1) is 16.9 Å². The minimum absolute atomic E-state index is 0.244. The van der Waals surface area contributed by atoms with Crippen LogP contribution in [-0.4, -0.2) is 5.97 Å². The maximum atomic E-state index is 11.8. The summed E-state index contributed by atoms with van der Waals surface area (Å²) in [6.45, 7) is 0. The minimum Gasteiger partial charge on any atom is -0.423 e. The van der Waals surface area contributed by atoms with Crippen molar-refractivity contribution in [1.82, 2.24) is 0 Å². The summed E-state index contributed by atoms with van der Waals surface area (Å²) in [5.41, 5.74) is 12.2. The Morgan fingerprint density at radius 3 is 2.35 bits per heavy atom. The fraction of sp³-hybridized carbons (Fsp3) is 0. The first kappa shape index (κ1) is 11.0. The van der Waals surface area contributed by atoms with Crippen molar-refractivity contribution in [3.63, 3.8) is 0 Å². The van der Waals surface area contributed by atoms with Gasteiger partial charge in [0.2, 0.25) is 0 Å². The van der Waals surface area contributed by atoms with Crippen molar-refractivity contribution in [1.29, 1.82) is 0 Å². The molecule has 0 saturated heterocycles. The van der Waals surface area contributed by atoms with Gasteiger partial charge in [0.1, 0.15) is 5.75 Å². The number of hydrogen-bond donors (Lipinski definition) is 2. The predicted octanol–water partition coefficient (Wildman–Crippen LogP) is 2.07. The Kier molecular flexibility index (Phi) is 2.96. The highest BCUT2D eigenvalue weighted by Gasteiger charge is 2.13. The van der Waals surface area contributed by atoms with Gasteiger partial charge in [-0.1, -0.05) is 24.3 Å². The number of nitrogens with two attached hydrogens (primary N) is 2. The van der Waals surface area contributed by atoms with E-state index in [0.29, 0.717) is 11.4 Å². The molecule has 2 aromatic carbocycles. The molecule has 2 rings (SSSR count). The second-order valence-corrected chi connectivity index (χ2v) is 3.51. The van der Waals surface area contributed by atoms with Gasteiger partial charge in [-0.05, 0) is 24.3 Å². The molecular weight excluding hydrogens is 216 g/mol. The fourth-order valence-corrected chi connectivity index (χ4v) is 1.41. The van der Waals surface area contributed by atoms with Crippen molar-refractivity contribution in [3.05, 3.63) is 54.1 Å². The smallest absolute Gasteiger partial charge is 0.345 e. The molecule has 4 heteroatoms. The van der Waals surface area contributed by atoms with Crippen LogP contribution in [0, 0.1) is 0 Å². The first-order valence-electron chi connectivity index (χ1n) is 5.09. The van der Waals surface area contributed by atoms with Crippen molar-refractivity contribution in [2.24, 2.45) is 0 Å². The average molecular weight is 228 g/mol. The van der Waals surface area contributed by atoms with Crippen LogP contribution in [0.1, 0.15) is 10.4 Å². The predicted molar refractivity (Wildman–Crippen MR) is 66.7 cm³/mol. The molecule has 0 fully saturated rings. The SMILES string of the molecule is Nc1cccc(C(=O)Oc2ccccc2)c1N. The molecule has 0 amide bonds. The van der Waals surface area contributed by atoms with Gasteiger partial charge in [-0.2, -0.15) is 0 Å². The zero-order valence-corrected chi connectivity index (χ0v) is 9.09. The topological polar surface area (TPSA) is 78.3 Å². The Morgan fingerprint density at radius 1 is 0.941 bits per heavy atom. The molecule has 0 radical (unpaired) electrons. The number of carbonyl (C=O) groups is 1. The summed E-state index contributed by atoms with van der Waals surface area (Å²) in [4.78, 5) is 11.8. The van der Waals surface area contributed by atoms with E-state index in [2.05, 4.69) is 0 Å². The summed E-state index contributed by atoms with van der Waals surface area (Å²) in [5, 5.41) is 0. The van der Waals surface area contributed by atoms with Crippen molar-refractivity contribution in [2.75, 3.05) is 11.5 Å². The van der Waals surface area contributed by atoms with Gasteiger partial charge in [-0.15, -0.1) is 0 Å². The van der Waals surface area contributed by atoms with Gasteiger partial charge in [-0.25, -0.2) is 4.79 Å². The summed E-state index contributed by atoms with van der Waals surface area (Å²) >= 11 is 0. The van der Waals surface area contributed by atoms with E-state index in [4.69, 9.17) is 16.2 Å². The number of carbonyl (C=O) groups excluding carboxylic acids is 1. The summed E-state index contributed by atoms with van der Waals surface area (Å²) in [5.74, 6) is -0.0414. The standard InChI is InChI=1S/C13H12N2O2/c14-11-8-4-7-10(12(11)15)13(16)17-9-5-2-1-3-6-9/h1-8H,14-15H2. The number of anilines is 2. The lowest BCUT2D eigenvalue weighted by atomic mass is 10.1. The first-order valence-corrected chi connectivity index (χ1v) is 5.09. The van der Waals surface area contributed by atoms with Crippen LogP contribution in [0.5, 0.6) is 5.75 Å². The van der Waals surface area contributed by atoms with Crippen LogP contribution in [0.3, 0.4) is 0 Å². The van der Waals surface area contributed by atoms with Crippen LogP contribution in [0.25, 0.3) is 0 Å². The molecule has 2 aromatic rings. The third kappa shape index (κ3) is 2.36. The van der Waals surface area contributed by atoms with Crippen LogP contribution in [0.2, 0.25) is 0 Å². The van der Waals surface area contributed by atoms with E-state index in [1.54, 1.807) is 42.5 Å². The highest BCUT2D eigenvalue weighted by Crippen LogP contribution is 2.21. The van der Waals surface area contributed by atoms with Gasteiger partial charge >= 0.3 is 5.97 Å². The Bertz CT molecular complexity index is 538. The number of ether oxygens (including phenoxy) is 1. The van der Waals surface area contributed by atoms with Crippen LogP contribution in [0.15, 0.2) is 48.5 Å². The van der Waals surface area contributed by atoms with Crippen molar-refractivity contribution in [3.8, 4) is 5.75 Å². The van der Waals surface area contributed by atoms with Gasteiger partial charge in [0, 0.05) is 0 Å². The highest BCUT2D eigenvalue weighted by molar-refractivity contribution is 5.99. The zero-order chi connectivity index (χ0) is 12.3. The molecule has 86 valence electrons. The fourth-order valence-electron chi connectivity index (χ4n) is 1.41. The van der Waals surface area contributed by atoms with E-state index in [0.717, 1.165) is 0 Å². The Morgan fingerprint density at radius 2 is 1.65 bits per heavy atom. The number of rotatable bonds is 2. The molecule has 0 aromatic heterocycles. The minimum atomic E-state index is -0.513. The van der Waals surface area contributed by atoms with Crippen molar-refractivity contribution in [2.45, 2.75) is 0 Å². The molecule has 0 bridgehead atoms. The summed E-state index contributed by atoms with van der Waals surface area (Å²) in [6, 6.07) is 13.7. The summed E-state index contributed by atoms with van der Waals surface area (Å²) in [7, 11) is 0. The van der Waals surface area contributed by atoms with Crippen LogP contribution in [-0.2, 0) is 0 Å². The molecule has 4 nitrogen and oxygen atoms in total. The summed E-state index contributed by atoms with van der Waals surface area (Å²) < 4.78 is 5.16. The quantitative estimate of drug-likeness (QED) is 0.468. The Labute approximate surface area is 98.8 Å². The number of para-hydroxylation sites is 2. The number of hydrogen-bond acceptors (Lipinski definition) is 4. The Hall–Kier alpha value is -2.49. The number of esters is 1. The van der Waals surface area contributed by atoms with Crippen LogP contribution >= 0.6 is 0 Å². The molecular formula is C13H12N2O2. The third-order valence-corrected chi connectivity index (χ3v) is 2.31. The van der Waals surface area contributed by atoms with Crippen molar-refractivity contribution >= 4 is 17.3 Å². The molecule has 0 saturated carbocycles. The molecule has 4 N–H and O–H groups in total. The molecule has 0 aliphatic heterocycles. The molecule has 0 aliphatic carbocycles. The normalized spacial score (nSPS) is 9.88. The van der Waals surface area contributed by atoms with E-state index in [9.17, 15) is 4.79 Å². The number of nitrogen functional groups attached to an aromatic ring is 2. The molecule has 0 heterocycles. The van der Waals surface area contributed by atoms with Crippen molar-refractivity contribution < 1.29 is 9.53 Å². The molecule has 0 aliphatic rings. The zero-order valence-electron chi connectivity index (χ0n) is 9.09. The second kappa shape index (κ2) is 4.57. The maximum absolute atomic E-state index is 11.8. The highest BCUT2D eigenvalue weighted by atomic mass is 16.5. The van der Waals surface area contributed by atoms with E-state index in [-0.39, 0.29) is 11.3 Å². The molecule has 0 spiro atoms. The summed E-state index contributed by atoms with van der Waals surface area (Å²) in [6.07, 6.45) is 0. The lowest BCUT2D eigenvalue weighted by molar-refractivity contribution is 0.0736. The lowest BCUT2D eigenvalue weighted by Crippen LogP contribution is -2.12. The maximum Gasteiger partial charge on any atom is 0.345 e. The largest absolute Gasteiger partial charge is 0.423 e. The van der Waals surface area contributed by atoms with Gasteiger partial charge in [0.25, 0.3) is 0 Å². The third-order valence-electron chi connectivity index (χ3n) is 2.31. The van der Waals surface area contributed by atoms with E-state index in [1.807, 2.05) is 6.07 Å². The van der Waals surface area contributed by atoms with Gasteiger partial charge < -0.3 is 16.2 Å². The number of benzene rings is 2.